The van der Waals surface area contributed by atoms with Crippen LogP contribution in [0.2, 0.25) is 0 Å². The van der Waals surface area contributed by atoms with E-state index >= 15 is 0 Å². The van der Waals surface area contributed by atoms with Crippen LogP contribution in [0.3, 0.4) is 0 Å². The van der Waals surface area contributed by atoms with Gasteiger partial charge in [-0.3, -0.25) is 4.79 Å². The van der Waals surface area contributed by atoms with E-state index in [1.54, 1.807) is 20.8 Å². The number of nitriles is 1. The molecule has 3 aromatic heterocycles. The normalized spacial score (nSPS) is 10.8. The van der Waals surface area contributed by atoms with Crippen molar-refractivity contribution in [3.63, 3.8) is 0 Å². The smallest absolute Gasteiger partial charge is 0.348 e. The van der Waals surface area contributed by atoms with E-state index in [4.69, 9.17) is 20.9 Å². The van der Waals surface area contributed by atoms with E-state index in [0.29, 0.717) is 26.9 Å². The summed E-state index contributed by atoms with van der Waals surface area (Å²) < 4.78 is 10.3. The minimum absolute atomic E-state index is 0.0235. The monoisotopic (exact) mass is 577 g/mol. The first-order valence-electron chi connectivity index (χ1n) is 12.5. The summed E-state index contributed by atoms with van der Waals surface area (Å²) in [6.07, 6.45) is 0.845. The SMILES string of the molecule is CCOC(=O)c1sc(NC(=O)c2sc3nc(N)c(C#N)c(-c4ccc(CC)cc4)c3c2N)c(C(=O)OCC)c1C. The van der Waals surface area contributed by atoms with Crippen LogP contribution in [0.4, 0.5) is 16.5 Å². The molecule has 10 nitrogen and oxygen atoms in total. The van der Waals surface area contributed by atoms with E-state index in [-0.39, 0.29) is 50.6 Å². The molecule has 0 bridgehead atoms. The van der Waals surface area contributed by atoms with E-state index in [0.717, 1.165) is 34.7 Å². The van der Waals surface area contributed by atoms with Crippen molar-refractivity contribution in [3.8, 4) is 17.2 Å². The number of nitrogen functional groups attached to an aromatic ring is 2. The molecule has 0 unspecified atom stereocenters. The summed E-state index contributed by atoms with van der Waals surface area (Å²) >= 11 is 1.92. The summed E-state index contributed by atoms with van der Waals surface area (Å²) in [6.45, 7) is 7.21. The summed E-state index contributed by atoms with van der Waals surface area (Å²) in [5.74, 6) is -1.89. The first kappa shape index (κ1) is 28.5. The second kappa shape index (κ2) is 11.7. The number of aryl methyl sites for hydroxylation is 1. The van der Waals surface area contributed by atoms with Crippen LogP contribution >= 0.6 is 22.7 Å². The molecular weight excluding hydrogens is 550 g/mol. The van der Waals surface area contributed by atoms with Crippen molar-refractivity contribution in [2.45, 2.75) is 34.1 Å². The number of fused-ring (bicyclic) bond motifs is 1. The molecule has 40 heavy (non-hydrogen) atoms. The Morgan fingerprint density at radius 1 is 1.00 bits per heavy atom. The number of ether oxygens (including phenoxy) is 2. The third kappa shape index (κ3) is 5.09. The number of hydrogen-bond acceptors (Lipinski definition) is 11. The lowest BCUT2D eigenvalue weighted by molar-refractivity contribution is 0.0527. The van der Waals surface area contributed by atoms with E-state index in [1.807, 2.05) is 31.2 Å². The van der Waals surface area contributed by atoms with Gasteiger partial charge in [0, 0.05) is 10.9 Å². The van der Waals surface area contributed by atoms with E-state index in [1.165, 1.54) is 0 Å². The number of benzene rings is 1. The predicted octanol–water partition coefficient (Wildman–Crippen LogP) is 5.54. The van der Waals surface area contributed by atoms with Crippen molar-refractivity contribution in [2.75, 3.05) is 30.0 Å². The summed E-state index contributed by atoms with van der Waals surface area (Å²) in [5.41, 5.74) is 15.7. The van der Waals surface area contributed by atoms with Crippen LogP contribution in [-0.2, 0) is 15.9 Å². The Labute approximate surface area is 238 Å². The second-order valence-corrected chi connectivity index (χ2v) is 10.6. The van der Waals surface area contributed by atoms with Gasteiger partial charge in [0.1, 0.15) is 37.0 Å². The van der Waals surface area contributed by atoms with E-state index in [9.17, 15) is 19.6 Å². The summed E-state index contributed by atoms with van der Waals surface area (Å²) in [5, 5.41) is 13.2. The molecule has 12 heteroatoms. The van der Waals surface area contributed by atoms with Crippen molar-refractivity contribution >= 4 is 67.2 Å². The van der Waals surface area contributed by atoms with Gasteiger partial charge in [0.25, 0.3) is 5.91 Å². The average molecular weight is 578 g/mol. The van der Waals surface area contributed by atoms with Gasteiger partial charge in [-0.15, -0.1) is 22.7 Å². The zero-order valence-corrected chi connectivity index (χ0v) is 24.0. The zero-order valence-electron chi connectivity index (χ0n) is 22.3. The Morgan fingerprint density at radius 3 is 2.25 bits per heavy atom. The van der Waals surface area contributed by atoms with Crippen molar-refractivity contribution < 1.29 is 23.9 Å². The number of nitrogens with zero attached hydrogens (tertiary/aromatic N) is 2. The minimum atomic E-state index is -0.683. The molecule has 5 N–H and O–H groups in total. The summed E-state index contributed by atoms with van der Waals surface area (Å²) in [4.78, 5) is 43.8. The lowest BCUT2D eigenvalue weighted by atomic mass is 9.96. The fraction of sp³-hybridized carbons (Fsp3) is 0.250. The van der Waals surface area contributed by atoms with Gasteiger partial charge in [-0.25, -0.2) is 14.6 Å². The summed E-state index contributed by atoms with van der Waals surface area (Å²) in [6, 6.07) is 9.77. The highest BCUT2D eigenvalue weighted by atomic mass is 32.1. The van der Waals surface area contributed by atoms with E-state index < -0.39 is 17.8 Å². The van der Waals surface area contributed by atoms with Gasteiger partial charge >= 0.3 is 11.9 Å². The molecule has 3 heterocycles. The number of esters is 2. The maximum Gasteiger partial charge on any atom is 0.348 e. The van der Waals surface area contributed by atoms with E-state index in [2.05, 4.69) is 16.4 Å². The molecule has 0 spiro atoms. The van der Waals surface area contributed by atoms with Gasteiger partial charge in [0.05, 0.1) is 24.5 Å². The molecule has 206 valence electrons. The highest BCUT2D eigenvalue weighted by Gasteiger charge is 2.29. The van der Waals surface area contributed by atoms with Gasteiger partial charge in [-0.05, 0) is 43.9 Å². The molecule has 0 saturated carbocycles. The average Bonchev–Trinajstić information content (AvgIpc) is 3.44. The number of aromatic nitrogens is 1. The van der Waals surface area contributed by atoms with Gasteiger partial charge in [-0.2, -0.15) is 5.26 Å². The maximum absolute atomic E-state index is 13.6. The number of amides is 1. The molecule has 0 radical (unpaired) electrons. The van der Waals surface area contributed by atoms with Gasteiger partial charge in [0.15, 0.2) is 0 Å². The van der Waals surface area contributed by atoms with Gasteiger partial charge < -0.3 is 26.3 Å². The number of carbonyl (C=O) groups excluding carboxylic acids is 3. The topological polar surface area (TPSA) is 170 Å². The molecule has 0 aliphatic heterocycles. The number of nitrogens with one attached hydrogen (secondary N) is 1. The van der Waals surface area contributed by atoms with Crippen molar-refractivity contribution in [2.24, 2.45) is 0 Å². The lowest BCUT2D eigenvalue weighted by Crippen LogP contribution is -2.15. The van der Waals surface area contributed by atoms with Crippen molar-refractivity contribution in [1.82, 2.24) is 4.98 Å². The molecule has 4 rings (SSSR count). The van der Waals surface area contributed by atoms with Crippen LogP contribution in [0, 0.1) is 18.3 Å². The Bertz CT molecular complexity index is 1680. The molecular formula is C28H27N5O5S2. The molecule has 0 fully saturated rings. The van der Waals surface area contributed by atoms with Gasteiger partial charge in [-0.1, -0.05) is 31.2 Å². The third-order valence-electron chi connectivity index (χ3n) is 6.19. The molecule has 0 aliphatic carbocycles. The first-order chi connectivity index (χ1) is 19.2. The van der Waals surface area contributed by atoms with Crippen LogP contribution < -0.4 is 16.8 Å². The maximum atomic E-state index is 13.6. The minimum Gasteiger partial charge on any atom is -0.462 e. The number of pyridine rings is 1. The Hall–Kier alpha value is -4.47. The highest BCUT2D eigenvalue weighted by Crippen LogP contribution is 2.43. The Morgan fingerprint density at radius 2 is 1.65 bits per heavy atom. The number of hydrogen-bond donors (Lipinski definition) is 3. The highest BCUT2D eigenvalue weighted by molar-refractivity contribution is 7.22. The fourth-order valence-electron chi connectivity index (χ4n) is 4.25. The van der Waals surface area contributed by atoms with Crippen LogP contribution in [0.25, 0.3) is 21.3 Å². The summed E-state index contributed by atoms with van der Waals surface area (Å²) in [7, 11) is 0. The zero-order chi connectivity index (χ0) is 29.1. The van der Waals surface area contributed by atoms with Crippen LogP contribution in [-0.4, -0.2) is 36.0 Å². The van der Waals surface area contributed by atoms with Crippen molar-refractivity contribution in [1.29, 1.82) is 5.26 Å². The predicted molar refractivity (Wildman–Crippen MR) is 157 cm³/mol. The molecule has 4 aromatic rings. The lowest BCUT2D eigenvalue weighted by Gasteiger charge is -2.10. The molecule has 1 amide bonds. The van der Waals surface area contributed by atoms with Gasteiger partial charge in [0.2, 0.25) is 0 Å². The van der Waals surface area contributed by atoms with Crippen molar-refractivity contribution in [3.05, 3.63) is 56.3 Å². The first-order valence-corrected chi connectivity index (χ1v) is 14.1. The Kier molecular flexibility index (Phi) is 8.37. The quantitative estimate of drug-likeness (QED) is 0.228. The Balaban J connectivity index is 1.84. The standard InChI is InChI=1S/C28H27N5O5S2/c1-5-14-8-10-15(11-9-14)18-16(12-29)23(31)32-26-19(18)20(30)22(40-26)24(34)33-25-17(27(35)37-6-2)13(4)21(39-25)28(36)38-7-3/h8-11H,5-7,30H2,1-4H3,(H2,31,32)(H,33,34). The third-order valence-corrected chi connectivity index (χ3v) is 8.47. The van der Waals surface area contributed by atoms with Crippen LogP contribution in [0.5, 0.6) is 0 Å². The molecule has 0 saturated heterocycles. The number of carbonyl (C=O) groups is 3. The molecule has 0 atom stereocenters. The largest absolute Gasteiger partial charge is 0.462 e. The second-order valence-electron chi connectivity index (χ2n) is 8.59. The number of rotatable bonds is 8. The molecule has 1 aromatic carbocycles. The number of nitrogens with two attached hydrogens (primary N) is 2. The van der Waals surface area contributed by atoms with Crippen LogP contribution in [0.1, 0.15) is 67.2 Å². The molecule has 0 aliphatic rings. The van der Waals surface area contributed by atoms with Crippen LogP contribution in [0.15, 0.2) is 24.3 Å². The fourth-order valence-corrected chi connectivity index (χ4v) is 6.34. The number of thiophene rings is 2. The number of anilines is 3.